The second-order valence-electron chi connectivity index (χ2n) is 6.73. The Morgan fingerprint density at radius 3 is 2.75 bits per heavy atom. The van der Waals surface area contributed by atoms with Gasteiger partial charge in [-0.25, -0.2) is 0 Å². The predicted molar refractivity (Wildman–Crippen MR) is 105 cm³/mol. The molecule has 7 nitrogen and oxygen atoms in total. The van der Waals surface area contributed by atoms with Crippen LogP contribution in [0.25, 0.3) is 22.2 Å². The van der Waals surface area contributed by atoms with Gasteiger partial charge in [0.05, 0.1) is 28.8 Å². The van der Waals surface area contributed by atoms with Crippen molar-refractivity contribution in [1.29, 1.82) is 0 Å². The third-order valence-electron chi connectivity index (χ3n) is 5.17. The third kappa shape index (κ3) is 2.93. The number of para-hydroxylation sites is 1. The second kappa shape index (κ2) is 7.44. The Balaban J connectivity index is 2.09. The summed E-state index contributed by atoms with van der Waals surface area (Å²) >= 11 is 0. The van der Waals surface area contributed by atoms with Crippen LogP contribution in [0.4, 0.5) is 5.69 Å². The van der Waals surface area contributed by atoms with E-state index in [1.54, 1.807) is 31.4 Å². The first-order chi connectivity index (χ1) is 13.7. The first-order valence-electron chi connectivity index (χ1n) is 9.18. The molecule has 1 atom stereocenters. The number of aldehydes is 1. The zero-order valence-corrected chi connectivity index (χ0v) is 15.5. The van der Waals surface area contributed by atoms with Crippen LogP contribution in [0, 0.1) is 10.1 Å². The third-order valence-corrected chi connectivity index (χ3v) is 5.17. The number of ether oxygens (including phenoxy) is 2. The van der Waals surface area contributed by atoms with E-state index in [0.29, 0.717) is 34.6 Å². The summed E-state index contributed by atoms with van der Waals surface area (Å²) in [5.74, 6) is 0.617. The standard InChI is InChI=1S/C21H20N2O5/c1-27-14-9-10-18-16(12-14)17(13-24)21(22(18)20-8-4-5-11-28-20)15-6-2-3-7-19(15)23(25)26/h2-3,6-7,9-10,12-13,20H,4-5,8,11H2,1H3. The number of fused-ring (bicyclic) bond motifs is 1. The molecule has 1 unspecified atom stereocenters. The number of nitro benzene ring substituents is 1. The fourth-order valence-corrected chi connectivity index (χ4v) is 3.90. The molecule has 0 radical (unpaired) electrons. The highest BCUT2D eigenvalue weighted by Gasteiger charge is 2.29. The Morgan fingerprint density at radius 2 is 2.07 bits per heavy atom. The van der Waals surface area contributed by atoms with Crippen molar-refractivity contribution in [2.24, 2.45) is 0 Å². The summed E-state index contributed by atoms with van der Waals surface area (Å²) in [6, 6.07) is 12.0. The molecule has 1 aliphatic heterocycles. The quantitative estimate of drug-likeness (QED) is 0.363. The second-order valence-corrected chi connectivity index (χ2v) is 6.73. The van der Waals surface area contributed by atoms with Crippen molar-refractivity contribution in [3.05, 3.63) is 58.1 Å². The largest absolute Gasteiger partial charge is 0.497 e. The minimum Gasteiger partial charge on any atom is -0.497 e. The van der Waals surface area contributed by atoms with Crippen LogP contribution in [0.3, 0.4) is 0 Å². The van der Waals surface area contributed by atoms with Crippen LogP contribution < -0.4 is 4.74 Å². The summed E-state index contributed by atoms with van der Waals surface area (Å²) in [5, 5.41) is 12.3. The first kappa shape index (κ1) is 18.2. The molecular weight excluding hydrogens is 360 g/mol. The van der Waals surface area contributed by atoms with Crippen molar-refractivity contribution in [3.8, 4) is 17.0 Å². The monoisotopic (exact) mass is 380 g/mol. The van der Waals surface area contributed by atoms with E-state index >= 15 is 0 Å². The molecule has 144 valence electrons. The number of carbonyl (C=O) groups excluding carboxylic acids is 1. The van der Waals surface area contributed by atoms with E-state index in [9.17, 15) is 14.9 Å². The van der Waals surface area contributed by atoms with Gasteiger partial charge in [0.1, 0.15) is 12.0 Å². The van der Waals surface area contributed by atoms with Gasteiger partial charge in [-0.1, -0.05) is 12.1 Å². The van der Waals surface area contributed by atoms with E-state index in [0.717, 1.165) is 31.1 Å². The topological polar surface area (TPSA) is 83.6 Å². The zero-order valence-electron chi connectivity index (χ0n) is 15.5. The summed E-state index contributed by atoms with van der Waals surface area (Å²) in [6.07, 6.45) is 3.22. The first-order valence-corrected chi connectivity index (χ1v) is 9.18. The van der Waals surface area contributed by atoms with Crippen LogP contribution >= 0.6 is 0 Å². The van der Waals surface area contributed by atoms with Gasteiger partial charge in [-0.2, -0.15) is 0 Å². The lowest BCUT2D eigenvalue weighted by Gasteiger charge is -2.27. The summed E-state index contributed by atoms with van der Waals surface area (Å²) in [6.45, 7) is 0.618. The number of methoxy groups -OCH3 is 1. The van der Waals surface area contributed by atoms with Crippen LogP contribution in [-0.2, 0) is 4.74 Å². The van der Waals surface area contributed by atoms with E-state index in [-0.39, 0.29) is 11.9 Å². The lowest BCUT2D eigenvalue weighted by molar-refractivity contribution is -0.384. The number of hydrogen-bond donors (Lipinski definition) is 0. The van der Waals surface area contributed by atoms with Crippen LogP contribution in [0.2, 0.25) is 0 Å². The van der Waals surface area contributed by atoms with Crippen molar-refractivity contribution >= 4 is 22.9 Å². The van der Waals surface area contributed by atoms with E-state index < -0.39 is 4.92 Å². The van der Waals surface area contributed by atoms with Gasteiger partial charge in [-0.05, 0) is 43.5 Å². The van der Waals surface area contributed by atoms with Crippen molar-refractivity contribution in [2.75, 3.05) is 13.7 Å². The molecule has 1 saturated heterocycles. The summed E-state index contributed by atoms with van der Waals surface area (Å²) in [5.41, 5.74) is 2.06. The summed E-state index contributed by atoms with van der Waals surface area (Å²) in [4.78, 5) is 23.4. The van der Waals surface area contributed by atoms with Crippen molar-refractivity contribution < 1.29 is 19.2 Å². The predicted octanol–water partition coefficient (Wildman–Crippen LogP) is 4.74. The molecule has 3 aromatic rings. The van der Waals surface area contributed by atoms with Crippen molar-refractivity contribution in [1.82, 2.24) is 4.57 Å². The lowest BCUT2D eigenvalue weighted by atomic mass is 10.0. The molecule has 1 aromatic heterocycles. The number of nitro groups is 1. The van der Waals surface area contributed by atoms with Gasteiger partial charge in [-0.3, -0.25) is 14.9 Å². The fourth-order valence-electron chi connectivity index (χ4n) is 3.90. The normalized spacial score (nSPS) is 16.8. The lowest BCUT2D eigenvalue weighted by Crippen LogP contribution is -2.19. The van der Waals surface area contributed by atoms with E-state index in [1.165, 1.54) is 6.07 Å². The fraction of sp³-hybridized carbons (Fsp3) is 0.286. The Morgan fingerprint density at radius 1 is 1.25 bits per heavy atom. The van der Waals surface area contributed by atoms with Crippen LogP contribution in [0.5, 0.6) is 5.75 Å². The van der Waals surface area contributed by atoms with Gasteiger partial charge in [0.2, 0.25) is 0 Å². The van der Waals surface area contributed by atoms with Gasteiger partial charge in [0.15, 0.2) is 6.29 Å². The SMILES string of the molecule is COc1ccc2c(c1)c(C=O)c(-c1ccccc1[N+](=O)[O-])n2C1CCCCO1. The smallest absolute Gasteiger partial charge is 0.278 e. The Hall–Kier alpha value is -3.19. The molecule has 1 fully saturated rings. The number of benzene rings is 2. The highest BCUT2D eigenvalue weighted by Crippen LogP contribution is 2.42. The number of hydrogen-bond acceptors (Lipinski definition) is 5. The molecule has 7 heteroatoms. The zero-order chi connectivity index (χ0) is 19.7. The molecule has 28 heavy (non-hydrogen) atoms. The van der Waals surface area contributed by atoms with Gasteiger partial charge in [0, 0.05) is 23.6 Å². The molecule has 4 rings (SSSR count). The van der Waals surface area contributed by atoms with Gasteiger partial charge >= 0.3 is 0 Å². The Bertz CT molecular complexity index is 1050. The average Bonchev–Trinajstić information content (AvgIpc) is 3.07. The number of carbonyl (C=O) groups is 1. The highest BCUT2D eigenvalue weighted by molar-refractivity contribution is 6.06. The molecule has 0 aliphatic carbocycles. The Labute approximate surface area is 161 Å². The minimum absolute atomic E-state index is 0.0440. The molecule has 0 saturated carbocycles. The summed E-state index contributed by atoms with van der Waals surface area (Å²) in [7, 11) is 1.56. The van der Waals surface area contributed by atoms with Crippen molar-refractivity contribution in [2.45, 2.75) is 25.5 Å². The molecule has 1 aliphatic rings. The highest BCUT2D eigenvalue weighted by atomic mass is 16.6. The number of nitrogens with zero attached hydrogens (tertiary/aromatic N) is 2. The van der Waals surface area contributed by atoms with Gasteiger partial charge in [0.25, 0.3) is 5.69 Å². The van der Waals surface area contributed by atoms with Gasteiger partial charge < -0.3 is 14.0 Å². The summed E-state index contributed by atoms with van der Waals surface area (Å²) < 4.78 is 13.2. The van der Waals surface area contributed by atoms with Gasteiger partial charge in [-0.15, -0.1) is 0 Å². The molecule has 2 heterocycles. The molecule has 0 amide bonds. The van der Waals surface area contributed by atoms with Crippen LogP contribution in [-0.4, -0.2) is 29.5 Å². The van der Waals surface area contributed by atoms with E-state index in [1.807, 2.05) is 16.7 Å². The maximum atomic E-state index is 12.1. The van der Waals surface area contributed by atoms with Crippen LogP contribution in [0.15, 0.2) is 42.5 Å². The average molecular weight is 380 g/mol. The van der Waals surface area contributed by atoms with E-state index in [2.05, 4.69) is 0 Å². The number of aromatic nitrogens is 1. The molecule has 0 bridgehead atoms. The van der Waals surface area contributed by atoms with Crippen molar-refractivity contribution in [3.63, 3.8) is 0 Å². The minimum atomic E-state index is -0.422. The molecule has 0 N–H and O–H groups in total. The number of rotatable bonds is 5. The molecule has 0 spiro atoms. The maximum absolute atomic E-state index is 12.1. The molecular formula is C21H20N2O5. The maximum Gasteiger partial charge on any atom is 0.278 e. The van der Waals surface area contributed by atoms with E-state index in [4.69, 9.17) is 9.47 Å². The Kier molecular flexibility index (Phi) is 4.83. The van der Waals surface area contributed by atoms with Crippen LogP contribution in [0.1, 0.15) is 35.8 Å². The molecule has 2 aromatic carbocycles.